The molecule has 82 valence electrons. The van der Waals surface area contributed by atoms with Crippen molar-refractivity contribution in [2.24, 2.45) is 11.7 Å². The van der Waals surface area contributed by atoms with Gasteiger partial charge >= 0.3 is 0 Å². The highest BCUT2D eigenvalue weighted by Gasteiger charge is 2.23. The van der Waals surface area contributed by atoms with Gasteiger partial charge in [0.2, 0.25) is 0 Å². The van der Waals surface area contributed by atoms with Crippen LogP contribution in [0.4, 0.5) is 0 Å². The molecule has 0 bridgehead atoms. The number of hydrogen-bond donors (Lipinski definition) is 1. The molecule has 0 amide bonds. The fourth-order valence-electron chi connectivity index (χ4n) is 2.37. The highest BCUT2D eigenvalue weighted by atomic mass is 16.7. The number of rotatable bonds is 2. The fourth-order valence-corrected chi connectivity index (χ4v) is 2.37. The van der Waals surface area contributed by atoms with Gasteiger partial charge in [-0.3, -0.25) is 0 Å². The molecule has 0 atom stereocenters. The second-order valence-electron chi connectivity index (χ2n) is 4.54. The largest absolute Gasteiger partial charge is 0.353 e. The van der Waals surface area contributed by atoms with Gasteiger partial charge in [0.05, 0.1) is 13.2 Å². The summed E-state index contributed by atoms with van der Waals surface area (Å²) in [7, 11) is 0. The molecule has 2 aliphatic rings. The van der Waals surface area contributed by atoms with Crippen LogP contribution >= 0.6 is 0 Å². The molecular weight excluding hydrogens is 178 g/mol. The average Bonchev–Trinajstić information content (AvgIpc) is 2.23. The van der Waals surface area contributed by atoms with Crippen molar-refractivity contribution < 1.29 is 9.47 Å². The third kappa shape index (κ3) is 2.94. The molecular formula is C11H21NO2. The maximum absolute atomic E-state index is 5.87. The predicted molar refractivity (Wildman–Crippen MR) is 54.9 cm³/mol. The van der Waals surface area contributed by atoms with E-state index in [2.05, 4.69) is 0 Å². The maximum Gasteiger partial charge on any atom is 0.157 e. The van der Waals surface area contributed by atoms with Crippen LogP contribution in [0, 0.1) is 5.92 Å². The van der Waals surface area contributed by atoms with Crippen LogP contribution < -0.4 is 5.73 Å². The van der Waals surface area contributed by atoms with Crippen molar-refractivity contribution in [3.05, 3.63) is 0 Å². The standard InChI is InChI=1S/C11H21NO2/c12-10-4-2-9(3-5-10)8-11-13-6-1-7-14-11/h9-11H,1-8,12H2/t9-,10+. The third-order valence-electron chi connectivity index (χ3n) is 3.31. The molecule has 1 saturated heterocycles. The van der Waals surface area contributed by atoms with E-state index in [0.717, 1.165) is 32.0 Å². The lowest BCUT2D eigenvalue weighted by molar-refractivity contribution is -0.187. The molecule has 0 radical (unpaired) electrons. The normalized spacial score (nSPS) is 35.8. The van der Waals surface area contributed by atoms with Crippen LogP contribution in [0.15, 0.2) is 0 Å². The van der Waals surface area contributed by atoms with Gasteiger partial charge in [-0.15, -0.1) is 0 Å². The molecule has 1 saturated carbocycles. The third-order valence-corrected chi connectivity index (χ3v) is 3.31. The van der Waals surface area contributed by atoms with E-state index in [1.165, 1.54) is 25.7 Å². The highest BCUT2D eigenvalue weighted by Crippen LogP contribution is 2.28. The van der Waals surface area contributed by atoms with Gasteiger partial charge in [-0.25, -0.2) is 0 Å². The van der Waals surface area contributed by atoms with Crippen LogP contribution in [0.25, 0.3) is 0 Å². The molecule has 0 unspecified atom stereocenters. The van der Waals surface area contributed by atoms with E-state index in [-0.39, 0.29) is 6.29 Å². The smallest absolute Gasteiger partial charge is 0.157 e. The topological polar surface area (TPSA) is 44.5 Å². The molecule has 0 aromatic carbocycles. The summed E-state index contributed by atoms with van der Waals surface area (Å²) in [6, 6.07) is 0.444. The molecule has 3 nitrogen and oxygen atoms in total. The van der Waals surface area contributed by atoms with E-state index in [4.69, 9.17) is 15.2 Å². The SMILES string of the molecule is N[C@H]1CC[C@@H](CC2OCCCO2)CC1. The summed E-state index contributed by atoms with van der Waals surface area (Å²) >= 11 is 0. The summed E-state index contributed by atoms with van der Waals surface area (Å²) in [4.78, 5) is 0. The Labute approximate surface area is 85.9 Å². The average molecular weight is 199 g/mol. The predicted octanol–water partition coefficient (Wildman–Crippen LogP) is 1.66. The summed E-state index contributed by atoms with van der Waals surface area (Å²) in [6.45, 7) is 1.74. The van der Waals surface area contributed by atoms with Gasteiger partial charge in [-0.1, -0.05) is 0 Å². The monoisotopic (exact) mass is 199 g/mol. The molecule has 3 heteroatoms. The van der Waals surface area contributed by atoms with Crippen molar-refractivity contribution in [1.29, 1.82) is 0 Å². The van der Waals surface area contributed by atoms with Crippen molar-refractivity contribution >= 4 is 0 Å². The zero-order valence-electron chi connectivity index (χ0n) is 8.78. The van der Waals surface area contributed by atoms with Crippen molar-refractivity contribution in [3.63, 3.8) is 0 Å². The molecule has 1 heterocycles. The minimum absolute atomic E-state index is 0.0723. The first kappa shape index (κ1) is 10.4. The Morgan fingerprint density at radius 1 is 1.00 bits per heavy atom. The molecule has 2 rings (SSSR count). The van der Waals surface area contributed by atoms with Crippen molar-refractivity contribution in [2.45, 2.75) is 50.9 Å². The van der Waals surface area contributed by atoms with Crippen LogP contribution in [0.2, 0.25) is 0 Å². The van der Waals surface area contributed by atoms with E-state index >= 15 is 0 Å². The van der Waals surface area contributed by atoms with Crippen molar-refractivity contribution in [3.8, 4) is 0 Å². The Bertz CT molecular complexity index is 161. The summed E-state index contributed by atoms with van der Waals surface area (Å²) in [5, 5.41) is 0. The van der Waals surface area contributed by atoms with Gasteiger partial charge in [0.15, 0.2) is 6.29 Å². The molecule has 2 N–H and O–H groups in total. The first-order valence-corrected chi connectivity index (χ1v) is 5.83. The summed E-state index contributed by atoms with van der Waals surface area (Å²) in [5.74, 6) is 0.776. The van der Waals surface area contributed by atoms with Gasteiger partial charge in [0.1, 0.15) is 0 Å². The number of nitrogens with two attached hydrogens (primary N) is 1. The first-order valence-electron chi connectivity index (χ1n) is 5.83. The van der Waals surface area contributed by atoms with E-state index in [9.17, 15) is 0 Å². The Kier molecular flexibility index (Phi) is 3.79. The molecule has 1 aliphatic heterocycles. The highest BCUT2D eigenvalue weighted by molar-refractivity contribution is 4.75. The van der Waals surface area contributed by atoms with Gasteiger partial charge in [0.25, 0.3) is 0 Å². The maximum atomic E-state index is 5.87. The van der Waals surface area contributed by atoms with Crippen molar-refractivity contribution in [1.82, 2.24) is 0 Å². The molecule has 14 heavy (non-hydrogen) atoms. The minimum atomic E-state index is 0.0723. The number of ether oxygens (including phenoxy) is 2. The van der Waals surface area contributed by atoms with E-state index in [1.54, 1.807) is 0 Å². The minimum Gasteiger partial charge on any atom is -0.353 e. The van der Waals surface area contributed by atoms with E-state index in [0.29, 0.717) is 6.04 Å². The van der Waals surface area contributed by atoms with E-state index < -0.39 is 0 Å². The van der Waals surface area contributed by atoms with Gasteiger partial charge in [-0.2, -0.15) is 0 Å². The lowest BCUT2D eigenvalue weighted by atomic mass is 9.84. The first-order chi connectivity index (χ1) is 6.84. The Morgan fingerprint density at radius 2 is 1.64 bits per heavy atom. The lowest BCUT2D eigenvalue weighted by Crippen LogP contribution is -2.31. The van der Waals surface area contributed by atoms with Crippen LogP contribution in [0.5, 0.6) is 0 Å². The molecule has 2 fully saturated rings. The zero-order chi connectivity index (χ0) is 9.80. The summed E-state index contributed by atoms with van der Waals surface area (Å²) < 4.78 is 11.1. The van der Waals surface area contributed by atoms with Crippen LogP contribution in [0.1, 0.15) is 38.5 Å². The molecule has 0 aromatic heterocycles. The van der Waals surface area contributed by atoms with Gasteiger partial charge in [-0.05, 0) is 38.0 Å². The Hall–Kier alpha value is -0.120. The van der Waals surface area contributed by atoms with Crippen LogP contribution in [-0.4, -0.2) is 25.5 Å². The Morgan fingerprint density at radius 3 is 2.29 bits per heavy atom. The quantitative estimate of drug-likeness (QED) is 0.735. The zero-order valence-corrected chi connectivity index (χ0v) is 8.78. The van der Waals surface area contributed by atoms with Crippen LogP contribution in [-0.2, 0) is 9.47 Å². The Balaban J connectivity index is 1.68. The molecule has 0 spiro atoms. The second-order valence-corrected chi connectivity index (χ2v) is 4.54. The fraction of sp³-hybridized carbons (Fsp3) is 1.00. The van der Waals surface area contributed by atoms with Crippen LogP contribution in [0.3, 0.4) is 0 Å². The van der Waals surface area contributed by atoms with Gasteiger partial charge < -0.3 is 15.2 Å². The van der Waals surface area contributed by atoms with Gasteiger partial charge in [0, 0.05) is 12.5 Å². The lowest BCUT2D eigenvalue weighted by Gasteiger charge is -2.30. The molecule has 1 aliphatic carbocycles. The summed E-state index contributed by atoms with van der Waals surface area (Å²) in [5.41, 5.74) is 5.87. The van der Waals surface area contributed by atoms with Crippen molar-refractivity contribution in [2.75, 3.05) is 13.2 Å². The molecule has 0 aromatic rings. The second kappa shape index (κ2) is 5.10. The number of hydrogen-bond acceptors (Lipinski definition) is 3. The van der Waals surface area contributed by atoms with E-state index in [1.807, 2.05) is 0 Å². The summed E-state index contributed by atoms with van der Waals surface area (Å²) in [6.07, 6.45) is 7.06.